The predicted molar refractivity (Wildman–Crippen MR) is 157 cm³/mol. The minimum absolute atomic E-state index is 0.224. The predicted octanol–water partition coefficient (Wildman–Crippen LogP) is 7.13. The molecule has 1 fully saturated rings. The Kier molecular flexibility index (Phi) is 9.81. The molecule has 2 N–H and O–H groups in total. The maximum absolute atomic E-state index is 14.1. The number of hydrogen-bond acceptors (Lipinski definition) is 7. The molecule has 0 radical (unpaired) electrons. The van der Waals surface area contributed by atoms with Crippen molar-refractivity contribution in [2.24, 2.45) is 15.3 Å². The smallest absolute Gasteiger partial charge is 0.231 e. The molecule has 5 rings (SSSR count). The zero-order valence-electron chi connectivity index (χ0n) is 22.8. The Bertz CT molecular complexity index is 1470. The van der Waals surface area contributed by atoms with Crippen LogP contribution in [0.1, 0.15) is 43.2 Å². The van der Waals surface area contributed by atoms with E-state index in [1.165, 1.54) is 24.1 Å². The average molecular weight is 599 g/mol. The molecule has 11 heteroatoms. The summed E-state index contributed by atoms with van der Waals surface area (Å²) in [6.07, 6.45) is 5.52. The van der Waals surface area contributed by atoms with Crippen molar-refractivity contribution in [2.45, 2.75) is 37.0 Å². The maximum Gasteiger partial charge on any atom is 0.231 e. The first kappa shape index (κ1) is 29.7. The van der Waals surface area contributed by atoms with E-state index in [4.69, 9.17) is 15.3 Å². The van der Waals surface area contributed by atoms with E-state index in [9.17, 15) is 17.6 Å². The number of rotatable bonds is 10. The van der Waals surface area contributed by atoms with Gasteiger partial charge in [-0.3, -0.25) is 0 Å². The fourth-order valence-corrected chi connectivity index (χ4v) is 5.65. The number of benzene rings is 3. The Morgan fingerprint density at radius 3 is 2.14 bits per heavy atom. The number of unbranched alkanes of at least 4 members (excludes halogenated alkanes) is 1. The lowest BCUT2D eigenvalue weighted by Gasteiger charge is -2.30. The lowest BCUT2D eigenvalue weighted by Crippen LogP contribution is -2.32. The monoisotopic (exact) mass is 598 g/mol. The number of likely N-dealkylation sites (tertiary alicyclic amines) is 1. The molecule has 0 saturated carbocycles. The van der Waals surface area contributed by atoms with Gasteiger partial charge in [-0.15, -0.1) is 0 Å². The van der Waals surface area contributed by atoms with Crippen LogP contribution in [-0.2, 0) is 0 Å². The van der Waals surface area contributed by atoms with Gasteiger partial charge in [0.05, 0.1) is 11.9 Å². The summed E-state index contributed by atoms with van der Waals surface area (Å²) in [7, 11) is 0. The van der Waals surface area contributed by atoms with Crippen molar-refractivity contribution in [2.75, 3.05) is 26.4 Å². The van der Waals surface area contributed by atoms with Crippen LogP contribution in [0.15, 0.2) is 74.6 Å². The first-order chi connectivity index (χ1) is 20.4. The van der Waals surface area contributed by atoms with E-state index >= 15 is 0 Å². The van der Waals surface area contributed by atoms with Crippen LogP contribution in [0.2, 0.25) is 0 Å². The van der Waals surface area contributed by atoms with Gasteiger partial charge in [0.2, 0.25) is 6.79 Å². The highest BCUT2D eigenvalue weighted by atomic mass is 32.2. The molecule has 2 heterocycles. The summed E-state index contributed by atoms with van der Waals surface area (Å²) in [5.74, 6) is 3.11. The molecule has 0 atom stereocenters. The second-order valence-corrected chi connectivity index (χ2v) is 10.9. The molecule has 0 bridgehead atoms. The van der Waals surface area contributed by atoms with Crippen LogP contribution in [0.25, 0.3) is 5.57 Å². The zero-order chi connectivity index (χ0) is 29.5. The van der Waals surface area contributed by atoms with Crippen molar-refractivity contribution in [3.8, 4) is 11.5 Å². The SMILES string of the molecule is N/N=C(\C=N\Sc1ccc2c(c1)OCO2)CCCCN1CCC(=C(c2ccc(F)c(F)c2)c2ccc(F)c(F)c2)CC1. The third-order valence-electron chi connectivity index (χ3n) is 7.26. The molecule has 3 aromatic carbocycles. The number of nitrogens with zero attached hydrogens (tertiary/aromatic N) is 3. The molecule has 42 heavy (non-hydrogen) atoms. The van der Waals surface area contributed by atoms with E-state index < -0.39 is 23.3 Å². The van der Waals surface area contributed by atoms with Crippen molar-refractivity contribution < 1.29 is 27.0 Å². The van der Waals surface area contributed by atoms with Gasteiger partial charge in [-0.25, -0.2) is 22.0 Å². The van der Waals surface area contributed by atoms with Crippen LogP contribution in [-0.4, -0.2) is 43.3 Å². The molecular formula is C31H30F4N4O2S. The molecule has 6 nitrogen and oxygen atoms in total. The van der Waals surface area contributed by atoms with E-state index in [1.807, 2.05) is 18.2 Å². The molecular weight excluding hydrogens is 568 g/mol. The van der Waals surface area contributed by atoms with Gasteiger partial charge in [-0.1, -0.05) is 17.7 Å². The maximum atomic E-state index is 14.1. The van der Waals surface area contributed by atoms with Crippen molar-refractivity contribution in [3.05, 3.63) is 94.6 Å². The van der Waals surface area contributed by atoms with E-state index in [0.29, 0.717) is 47.4 Å². The number of hydrogen-bond donors (Lipinski definition) is 1. The van der Waals surface area contributed by atoms with E-state index in [2.05, 4.69) is 14.4 Å². The molecule has 0 aromatic heterocycles. The van der Waals surface area contributed by atoms with Gasteiger partial charge < -0.3 is 20.2 Å². The summed E-state index contributed by atoms with van der Waals surface area (Å²) >= 11 is 1.30. The highest BCUT2D eigenvalue weighted by molar-refractivity contribution is 7.98. The van der Waals surface area contributed by atoms with Crippen LogP contribution in [0, 0.1) is 23.3 Å². The summed E-state index contributed by atoms with van der Waals surface area (Å²) < 4.78 is 70.5. The largest absolute Gasteiger partial charge is 0.454 e. The summed E-state index contributed by atoms with van der Waals surface area (Å²) in [6, 6.07) is 12.9. The normalized spacial score (nSPS) is 15.5. The van der Waals surface area contributed by atoms with Crippen molar-refractivity contribution in [1.82, 2.24) is 4.90 Å². The van der Waals surface area contributed by atoms with Gasteiger partial charge in [-0.05, 0) is 97.8 Å². The first-order valence-electron chi connectivity index (χ1n) is 13.6. The summed E-state index contributed by atoms with van der Waals surface area (Å²) in [6.45, 7) is 2.62. The van der Waals surface area contributed by atoms with Gasteiger partial charge in [-0.2, -0.15) is 5.10 Å². The summed E-state index contributed by atoms with van der Waals surface area (Å²) in [4.78, 5) is 3.25. The topological polar surface area (TPSA) is 72.4 Å². The van der Waals surface area contributed by atoms with Gasteiger partial charge in [0, 0.05) is 29.9 Å². The number of fused-ring (bicyclic) bond motifs is 1. The highest BCUT2D eigenvalue weighted by Gasteiger charge is 2.21. The van der Waals surface area contributed by atoms with Crippen molar-refractivity contribution in [1.29, 1.82) is 0 Å². The quantitative estimate of drug-likeness (QED) is 0.0671. The summed E-state index contributed by atoms with van der Waals surface area (Å²) in [5.41, 5.74) is 3.20. The zero-order valence-corrected chi connectivity index (χ0v) is 23.6. The minimum Gasteiger partial charge on any atom is -0.454 e. The minimum atomic E-state index is -0.984. The standard InChI is InChI=1S/C31H30F4N4O2S/c32-25-7-4-21(15-27(25)34)31(22-5-8-26(33)28(35)16-22)20-10-13-39(14-11-20)12-2-1-3-23(38-36)18-37-42-24-6-9-29-30(17-24)41-19-40-29/h4-9,15-18H,1-3,10-14,19,36H2/b37-18+,38-23-. The van der Waals surface area contributed by atoms with Gasteiger partial charge in [0.1, 0.15) is 0 Å². The summed E-state index contributed by atoms with van der Waals surface area (Å²) in [5, 5.41) is 3.86. The molecule has 1 saturated heterocycles. The average Bonchev–Trinajstić information content (AvgIpc) is 3.47. The second-order valence-electron chi connectivity index (χ2n) is 10.00. The van der Waals surface area contributed by atoms with Crippen LogP contribution in [0.3, 0.4) is 0 Å². The number of halogens is 4. The lowest BCUT2D eigenvalue weighted by molar-refractivity contribution is 0.174. The fraction of sp³-hybridized carbons (Fsp3) is 0.290. The Hall–Kier alpha value is -3.83. The number of nitrogens with two attached hydrogens (primary N) is 1. The van der Waals surface area contributed by atoms with Crippen LogP contribution in [0.5, 0.6) is 11.5 Å². The van der Waals surface area contributed by atoms with Crippen LogP contribution < -0.4 is 15.3 Å². The number of hydrazone groups is 1. The van der Waals surface area contributed by atoms with Gasteiger partial charge >= 0.3 is 0 Å². The molecule has 220 valence electrons. The highest BCUT2D eigenvalue weighted by Crippen LogP contribution is 2.36. The van der Waals surface area contributed by atoms with E-state index in [-0.39, 0.29) is 6.79 Å². The van der Waals surface area contributed by atoms with Crippen molar-refractivity contribution in [3.63, 3.8) is 0 Å². The third kappa shape index (κ3) is 7.32. The third-order valence-corrected chi connectivity index (χ3v) is 7.93. The second kappa shape index (κ2) is 13.9. The Balaban J connectivity index is 1.13. The molecule has 2 aliphatic heterocycles. The molecule has 2 aliphatic rings. The van der Waals surface area contributed by atoms with Crippen LogP contribution in [0.4, 0.5) is 17.6 Å². The Morgan fingerprint density at radius 2 is 1.50 bits per heavy atom. The van der Waals surface area contributed by atoms with Crippen LogP contribution >= 0.6 is 11.9 Å². The lowest BCUT2D eigenvalue weighted by atomic mass is 9.88. The fourth-order valence-electron chi connectivity index (χ4n) is 5.06. The van der Waals surface area contributed by atoms with E-state index in [1.54, 1.807) is 6.21 Å². The molecule has 0 spiro atoms. The van der Waals surface area contributed by atoms with Gasteiger partial charge in [0.25, 0.3) is 0 Å². The Morgan fingerprint density at radius 1 is 0.833 bits per heavy atom. The van der Waals surface area contributed by atoms with Gasteiger partial charge in [0.15, 0.2) is 34.8 Å². The van der Waals surface area contributed by atoms with Crippen molar-refractivity contribution >= 4 is 29.4 Å². The molecule has 0 aliphatic carbocycles. The molecule has 3 aromatic rings. The Labute approximate surface area is 246 Å². The molecule has 0 amide bonds. The number of ether oxygens (including phenoxy) is 2. The van der Waals surface area contributed by atoms with E-state index in [0.717, 1.165) is 73.0 Å². The first-order valence-corrected chi connectivity index (χ1v) is 14.4. The molecule has 0 unspecified atom stereocenters. The number of piperidine rings is 1.